The number of carboxylic acid groups (broad SMARTS) is 2. The molecule has 28 heavy (non-hydrogen) atoms. The fraction of sp³-hybridized carbons (Fsp3) is 0. The second-order valence-corrected chi connectivity index (χ2v) is 6.33. The van der Waals surface area contributed by atoms with Crippen LogP contribution in [-0.2, 0) is 0 Å². The predicted octanol–water partition coefficient (Wildman–Crippen LogP) is 2.18. The number of aromatic carboxylic acids is 2. The number of amides is 2. The predicted molar refractivity (Wildman–Crippen MR) is 101 cm³/mol. The van der Waals surface area contributed by atoms with Crippen LogP contribution < -0.4 is 11.5 Å². The molecule has 0 unspecified atom stereocenters. The van der Waals surface area contributed by atoms with Gasteiger partial charge >= 0.3 is 11.9 Å². The molecule has 6 N–H and O–H groups in total. The minimum Gasteiger partial charge on any atom is -0.478 e. The standard InChI is InChI=1S/C20H12N2O6/c21-17(23)14-9-5-4-7-2-1-3-8-6-10(19(25)26)13(12(9)11(7)8)16(20(27)28)15(14)18(22)24/h1-6H,(H2,21,23)(H2,22,24)(H,25,26)(H,27,28). The van der Waals surface area contributed by atoms with Crippen molar-refractivity contribution < 1.29 is 29.4 Å². The van der Waals surface area contributed by atoms with E-state index >= 15 is 0 Å². The number of hydrogen-bond acceptors (Lipinski definition) is 4. The summed E-state index contributed by atoms with van der Waals surface area (Å²) >= 11 is 0. The Hall–Kier alpha value is -4.20. The monoisotopic (exact) mass is 376 g/mol. The van der Waals surface area contributed by atoms with Crippen molar-refractivity contribution in [3.63, 3.8) is 0 Å². The van der Waals surface area contributed by atoms with Crippen molar-refractivity contribution >= 4 is 56.1 Å². The average molecular weight is 376 g/mol. The third-order valence-corrected chi connectivity index (χ3v) is 4.85. The summed E-state index contributed by atoms with van der Waals surface area (Å²) in [6.07, 6.45) is 0. The van der Waals surface area contributed by atoms with Crippen LogP contribution in [0.2, 0.25) is 0 Å². The minimum absolute atomic E-state index is 0.168. The summed E-state index contributed by atoms with van der Waals surface area (Å²) in [6.45, 7) is 0. The highest BCUT2D eigenvalue weighted by molar-refractivity contribution is 6.35. The Balaban J connectivity index is 2.52. The Morgan fingerprint density at radius 1 is 0.679 bits per heavy atom. The van der Waals surface area contributed by atoms with Gasteiger partial charge in [0.2, 0.25) is 11.8 Å². The summed E-state index contributed by atoms with van der Waals surface area (Å²) in [5.74, 6) is -5.19. The van der Waals surface area contributed by atoms with Gasteiger partial charge in [-0.25, -0.2) is 9.59 Å². The van der Waals surface area contributed by atoms with Gasteiger partial charge in [-0.2, -0.15) is 0 Å². The Morgan fingerprint density at radius 2 is 1.32 bits per heavy atom. The van der Waals surface area contributed by atoms with Crippen molar-refractivity contribution in [2.45, 2.75) is 0 Å². The third-order valence-electron chi connectivity index (χ3n) is 4.85. The highest BCUT2D eigenvalue weighted by atomic mass is 16.4. The summed E-state index contributed by atoms with van der Waals surface area (Å²) in [4.78, 5) is 48.3. The van der Waals surface area contributed by atoms with Crippen LogP contribution in [0.5, 0.6) is 0 Å². The van der Waals surface area contributed by atoms with Gasteiger partial charge in [0.1, 0.15) is 0 Å². The second kappa shape index (κ2) is 5.65. The molecule has 4 aromatic carbocycles. The lowest BCUT2D eigenvalue weighted by Gasteiger charge is -2.19. The van der Waals surface area contributed by atoms with Crippen LogP contribution >= 0.6 is 0 Å². The van der Waals surface area contributed by atoms with Crippen molar-refractivity contribution in [2.24, 2.45) is 11.5 Å². The number of primary amides is 2. The molecular formula is C20H12N2O6. The summed E-state index contributed by atoms with van der Waals surface area (Å²) in [5.41, 5.74) is 8.93. The lowest BCUT2D eigenvalue weighted by Crippen LogP contribution is -2.25. The SMILES string of the molecule is NC(=O)c1c(C(N)=O)c2ccc3cccc4cc(C(=O)O)c(c1C(=O)O)c2c34. The molecule has 0 aliphatic rings. The molecule has 0 saturated heterocycles. The van der Waals surface area contributed by atoms with E-state index in [0.717, 1.165) is 0 Å². The average Bonchev–Trinajstić information content (AvgIpc) is 2.63. The molecule has 0 atom stereocenters. The van der Waals surface area contributed by atoms with Gasteiger partial charge in [0, 0.05) is 5.39 Å². The summed E-state index contributed by atoms with van der Waals surface area (Å²) < 4.78 is 0. The topological polar surface area (TPSA) is 161 Å². The number of hydrogen-bond donors (Lipinski definition) is 4. The van der Waals surface area contributed by atoms with Crippen molar-refractivity contribution in [2.75, 3.05) is 0 Å². The van der Waals surface area contributed by atoms with Gasteiger partial charge in [0.25, 0.3) is 0 Å². The number of rotatable bonds is 4. The van der Waals surface area contributed by atoms with Gasteiger partial charge in [-0.05, 0) is 33.0 Å². The molecule has 2 amide bonds. The molecular weight excluding hydrogens is 364 g/mol. The van der Waals surface area contributed by atoms with E-state index in [1.807, 2.05) is 0 Å². The molecule has 0 fully saturated rings. The van der Waals surface area contributed by atoms with E-state index in [9.17, 15) is 29.4 Å². The van der Waals surface area contributed by atoms with Crippen molar-refractivity contribution in [1.82, 2.24) is 0 Å². The zero-order valence-corrected chi connectivity index (χ0v) is 14.1. The quantitative estimate of drug-likeness (QED) is 0.399. The lowest BCUT2D eigenvalue weighted by molar-refractivity contribution is 0.0693. The molecule has 8 nitrogen and oxygen atoms in total. The molecule has 0 aliphatic carbocycles. The molecule has 8 heteroatoms. The molecule has 0 bridgehead atoms. The maximum Gasteiger partial charge on any atom is 0.337 e. The first-order chi connectivity index (χ1) is 13.2. The van der Waals surface area contributed by atoms with Gasteiger partial charge in [0.05, 0.1) is 22.3 Å². The smallest absolute Gasteiger partial charge is 0.337 e. The van der Waals surface area contributed by atoms with Crippen molar-refractivity contribution in [3.05, 3.63) is 58.7 Å². The van der Waals surface area contributed by atoms with E-state index in [4.69, 9.17) is 11.5 Å². The number of carbonyl (C=O) groups is 4. The first-order valence-electron chi connectivity index (χ1n) is 8.07. The van der Waals surface area contributed by atoms with E-state index < -0.39 is 34.9 Å². The highest BCUT2D eigenvalue weighted by Gasteiger charge is 2.31. The van der Waals surface area contributed by atoms with Crippen LogP contribution in [-0.4, -0.2) is 34.0 Å². The van der Waals surface area contributed by atoms with Gasteiger partial charge in [-0.15, -0.1) is 0 Å². The van der Waals surface area contributed by atoms with Crippen molar-refractivity contribution in [1.29, 1.82) is 0 Å². The van der Waals surface area contributed by atoms with E-state index in [1.165, 1.54) is 12.1 Å². The van der Waals surface area contributed by atoms with Crippen LogP contribution in [0.15, 0.2) is 36.4 Å². The van der Waals surface area contributed by atoms with Crippen LogP contribution in [0.1, 0.15) is 41.4 Å². The first kappa shape index (κ1) is 17.2. The zero-order chi connectivity index (χ0) is 20.3. The highest BCUT2D eigenvalue weighted by Crippen LogP contribution is 2.41. The maximum atomic E-state index is 12.2. The van der Waals surface area contributed by atoms with E-state index in [-0.39, 0.29) is 27.3 Å². The van der Waals surface area contributed by atoms with Crippen molar-refractivity contribution in [3.8, 4) is 0 Å². The maximum absolute atomic E-state index is 12.2. The normalized spacial score (nSPS) is 11.3. The number of carbonyl (C=O) groups excluding carboxylic acids is 2. The Bertz CT molecular complexity index is 1370. The molecule has 138 valence electrons. The lowest BCUT2D eigenvalue weighted by atomic mass is 9.83. The molecule has 0 radical (unpaired) electrons. The third kappa shape index (κ3) is 2.11. The molecule has 0 heterocycles. The molecule has 0 aromatic heterocycles. The summed E-state index contributed by atoms with van der Waals surface area (Å²) in [5, 5.41) is 21.6. The van der Waals surface area contributed by atoms with Gasteiger partial charge < -0.3 is 21.7 Å². The van der Waals surface area contributed by atoms with Crippen LogP contribution in [0.25, 0.3) is 32.3 Å². The van der Waals surface area contributed by atoms with E-state index in [1.54, 1.807) is 24.3 Å². The van der Waals surface area contributed by atoms with Gasteiger partial charge in [0.15, 0.2) is 0 Å². The molecule has 0 saturated carbocycles. The van der Waals surface area contributed by atoms with Crippen LogP contribution in [0.4, 0.5) is 0 Å². The van der Waals surface area contributed by atoms with Gasteiger partial charge in [-0.3, -0.25) is 9.59 Å². The Labute approximate surface area is 156 Å². The zero-order valence-electron chi connectivity index (χ0n) is 14.1. The Kier molecular flexibility index (Phi) is 3.47. The summed E-state index contributed by atoms with van der Waals surface area (Å²) in [6, 6.07) is 9.72. The van der Waals surface area contributed by atoms with Crippen LogP contribution in [0, 0.1) is 0 Å². The fourth-order valence-electron chi connectivity index (χ4n) is 3.89. The first-order valence-corrected chi connectivity index (χ1v) is 8.07. The number of benzene rings is 4. The number of nitrogens with two attached hydrogens (primary N) is 2. The van der Waals surface area contributed by atoms with E-state index in [2.05, 4.69) is 0 Å². The minimum atomic E-state index is -1.59. The number of carboxylic acids is 2. The second-order valence-electron chi connectivity index (χ2n) is 6.33. The summed E-state index contributed by atoms with van der Waals surface area (Å²) in [7, 11) is 0. The molecule has 4 aromatic rings. The largest absolute Gasteiger partial charge is 0.478 e. The molecule has 0 spiro atoms. The molecule has 4 rings (SSSR count). The van der Waals surface area contributed by atoms with Crippen LogP contribution in [0.3, 0.4) is 0 Å². The van der Waals surface area contributed by atoms with E-state index in [0.29, 0.717) is 16.2 Å². The van der Waals surface area contributed by atoms with Gasteiger partial charge in [-0.1, -0.05) is 30.3 Å². The Morgan fingerprint density at radius 3 is 1.89 bits per heavy atom. The fourth-order valence-corrected chi connectivity index (χ4v) is 3.89. The molecule has 0 aliphatic heterocycles.